The van der Waals surface area contributed by atoms with Crippen molar-refractivity contribution in [1.29, 1.82) is 0 Å². The van der Waals surface area contributed by atoms with E-state index in [4.69, 9.17) is 18.9 Å². The van der Waals surface area contributed by atoms with Crippen LogP contribution >= 0.6 is 0 Å². The van der Waals surface area contributed by atoms with Crippen molar-refractivity contribution in [2.24, 2.45) is 22.7 Å². The van der Waals surface area contributed by atoms with Crippen molar-refractivity contribution in [2.45, 2.75) is 121 Å². The normalized spacial score (nSPS) is 47.5. The Labute approximate surface area is 253 Å². The van der Waals surface area contributed by atoms with Gasteiger partial charge in [-0.2, -0.15) is 0 Å². The van der Waals surface area contributed by atoms with Crippen molar-refractivity contribution in [1.82, 2.24) is 0 Å². The lowest BCUT2D eigenvalue weighted by atomic mass is 9.46. The average molecular weight is 617 g/mol. The molecule has 2 aliphatic heterocycles. The first kappa shape index (κ1) is 34.9. The van der Waals surface area contributed by atoms with Crippen LogP contribution in [0.3, 0.4) is 0 Å². The summed E-state index contributed by atoms with van der Waals surface area (Å²) in [6.45, 7) is 9.83. The number of allylic oxidation sites excluding steroid dienone is 2. The molecule has 0 bridgehead atoms. The van der Waals surface area contributed by atoms with E-state index in [-0.39, 0.29) is 37.1 Å². The largest absolute Gasteiger partial charge is 0.394 e. The van der Waals surface area contributed by atoms with E-state index in [0.29, 0.717) is 6.42 Å². The zero-order chi connectivity index (χ0) is 31.7. The van der Waals surface area contributed by atoms with Crippen LogP contribution in [0.2, 0.25) is 0 Å². The molecule has 4 fully saturated rings. The van der Waals surface area contributed by atoms with Crippen LogP contribution in [0.15, 0.2) is 23.8 Å². The van der Waals surface area contributed by atoms with Gasteiger partial charge in [-0.15, -0.1) is 0 Å². The number of hydrogen-bond donors (Lipinski definition) is 8. The van der Waals surface area contributed by atoms with Gasteiger partial charge in [0, 0.05) is 5.41 Å². The fourth-order valence-corrected chi connectivity index (χ4v) is 7.99. The van der Waals surface area contributed by atoms with Crippen LogP contribution in [-0.4, -0.2) is 129 Å². The van der Waals surface area contributed by atoms with Gasteiger partial charge < -0.3 is 59.8 Å². The summed E-state index contributed by atoms with van der Waals surface area (Å²) in [5, 5.41) is 81.9. The second kappa shape index (κ2) is 14.2. The minimum atomic E-state index is -1.62. The van der Waals surface area contributed by atoms with Crippen LogP contribution in [0.4, 0.5) is 0 Å². The second-order valence-corrected chi connectivity index (χ2v) is 13.5. The smallest absolute Gasteiger partial charge is 0.186 e. The molecule has 4 rings (SSSR count). The van der Waals surface area contributed by atoms with Crippen molar-refractivity contribution in [3.8, 4) is 0 Å². The first-order valence-electron chi connectivity index (χ1n) is 15.5. The highest BCUT2D eigenvalue weighted by molar-refractivity contribution is 5.18. The van der Waals surface area contributed by atoms with E-state index in [1.165, 1.54) is 5.57 Å². The highest BCUT2D eigenvalue weighted by atomic mass is 16.7. The van der Waals surface area contributed by atoms with Crippen molar-refractivity contribution in [3.63, 3.8) is 0 Å². The molecule has 2 aliphatic carbocycles. The monoisotopic (exact) mass is 616 g/mol. The van der Waals surface area contributed by atoms with Crippen molar-refractivity contribution < 1.29 is 59.8 Å². The van der Waals surface area contributed by atoms with E-state index < -0.39 is 73.4 Å². The molecule has 2 saturated carbocycles. The molecule has 43 heavy (non-hydrogen) atoms. The first-order valence-corrected chi connectivity index (χ1v) is 15.5. The Kier molecular flexibility index (Phi) is 11.5. The molecule has 0 aromatic heterocycles. The summed E-state index contributed by atoms with van der Waals surface area (Å²) in [6.07, 6.45) is -6.43. The second-order valence-electron chi connectivity index (χ2n) is 13.5. The Hall–Kier alpha value is -1.00. The maximum absolute atomic E-state index is 11.3. The van der Waals surface area contributed by atoms with Gasteiger partial charge in [-0.3, -0.25) is 0 Å². The van der Waals surface area contributed by atoms with E-state index in [1.807, 2.05) is 19.9 Å². The molecule has 0 radical (unpaired) electrons. The fourth-order valence-electron chi connectivity index (χ4n) is 7.99. The van der Waals surface area contributed by atoms with Gasteiger partial charge in [0.15, 0.2) is 12.6 Å². The van der Waals surface area contributed by atoms with Crippen LogP contribution in [-0.2, 0) is 18.9 Å². The summed E-state index contributed by atoms with van der Waals surface area (Å²) in [6, 6.07) is 0. The molecular weight excluding hydrogens is 564 g/mol. The molecular formula is C31H52O12. The van der Waals surface area contributed by atoms with Crippen molar-refractivity contribution in [3.05, 3.63) is 23.8 Å². The molecule has 12 nitrogen and oxygen atoms in total. The third kappa shape index (κ3) is 6.91. The molecule has 12 heteroatoms. The zero-order valence-electron chi connectivity index (χ0n) is 25.5. The number of aliphatic hydroxyl groups is 8. The van der Waals surface area contributed by atoms with Gasteiger partial charge in [0.1, 0.15) is 42.7 Å². The number of rotatable bonds is 11. The fraction of sp³-hybridized carbons (Fsp3) is 0.871. The van der Waals surface area contributed by atoms with Gasteiger partial charge in [-0.1, -0.05) is 37.6 Å². The maximum atomic E-state index is 11.3. The lowest BCUT2D eigenvalue weighted by molar-refractivity contribution is -0.320. The summed E-state index contributed by atoms with van der Waals surface area (Å²) >= 11 is 0. The molecule has 8 N–H and O–H groups in total. The molecule has 0 spiro atoms. The molecule has 2 saturated heterocycles. The van der Waals surface area contributed by atoms with Gasteiger partial charge in [0.25, 0.3) is 0 Å². The van der Waals surface area contributed by atoms with Crippen molar-refractivity contribution >= 4 is 0 Å². The summed E-state index contributed by atoms with van der Waals surface area (Å²) in [5.41, 5.74) is 1.48. The molecule has 14 atom stereocenters. The van der Waals surface area contributed by atoms with E-state index in [0.717, 1.165) is 37.7 Å². The van der Waals surface area contributed by atoms with Crippen LogP contribution in [0.1, 0.15) is 59.3 Å². The number of hydrogen-bond acceptors (Lipinski definition) is 12. The molecule has 4 aliphatic rings. The minimum absolute atomic E-state index is 0.0103. The topological polar surface area (TPSA) is 199 Å². The maximum Gasteiger partial charge on any atom is 0.186 e. The molecule has 248 valence electrons. The highest BCUT2D eigenvalue weighted by Crippen LogP contribution is 2.62. The number of aliphatic hydroxyl groups excluding tert-OH is 8. The SMILES string of the molecule is C=C1CC[C@@H]2[C@@](C)(CO[C@@H]3O[C@H](CO[C@@H]4O[C@@H](CO)[C@H](O)[C@H]4O)[C@@H](O)[C@H](O)[C@H]3O)[C@H](O)CC[C@@]2(C)[C@@H]1CC/C(C)=C/CO. The third-order valence-corrected chi connectivity index (χ3v) is 10.8. The summed E-state index contributed by atoms with van der Waals surface area (Å²) < 4.78 is 22.8. The summed E-state index contributed by atoms with van der Waals surface area (Å²) in [5.74, 6) is 0.302. The summed E-state index contributed by atoms with van der Waals surface area (Å²) in [4.78, 5) is 0. The Balaban J connectivity index is 1.44. The van der Waals surface area contributed by atoms with E-state index >= 15 is 0 Å². The Bertz CT molecular complexity index is 976. The van der Waals surface area contributed by atoms with Crippen LogP contribution in [0, 0.1) is 22.7 Å². The predicted octanol–water partition coefficient (Wildman–Crippen LogP) is -0.265. The Morgan fingerprint density at radius 3 is 2.19 bits per heavy atom. The summed E-state index contributed by atoms with van der Waals surface area (Å²) in [7, 11) is 0. The number of ether oxygens (including phenoxy) is 4. The Morgan fingerprint density at radius 1 is 0.907 bits per heavy atom. The predicted molar refractivity (Wildman–Crippen MR) is 153 cm³/mol. The van der Waals surface area contributed by atoms with Gasteiger partial charge in [0.2, 0.25) is 0 Å². The molecule has 0 aromatic carbocycles. The quantitative estimate of drug-likeness (QED) is 0.142. The molecule has 0 aromatic rings. The lowest BCUT2D eigenvalue weighted by Gasteiger charge is -2.60. The first-order chi connectivity index (χ1) is 20.3. The van der Waals surface area contributed by atoms with Gasteiger partial charge in [-0.05, 0) is 62.7 Å². The van der Waals surface area contributed by atoms with Crippen LogP contribution in [0.25, 0.3) is 0 Å². The van der Waals surface area contributed by atoms with Gasteiger partial charge in [-0.25, -0.2) is 0 Å². The highest BCUT2D eigenvalue weighted by Gasteiger charge is 2.58. The molecule has 0 unspecified atom stereocenters. The third-order valence-electron chi connectivity index (χ3n) is 10.8. The van der Waals surface area contributed by atoms with Gasteiger partial charge >= 0.3 is 0 Å². The van der Waals surface area contributed by atoms with Crippen LogP contribution < -0.4 is 0 Å². The van der Waals surface area contributed by atoms with E-state index in [9.17, 15) is 40.9 Å². The lowest BCUT2D eigenvalue weighted by Crippen LogP contribution is -2.61. The van der Waals surface area contributed by atoms with Crippen LogP contribution in [0.5, 0.6) is 0 Å². The standard InChI is InChI=1S/C31H52O12/c1-16(10-12-32)5-7-18-17(2)6-8-21-30(18,3)11-9-22(34)31(21,4)15-41-29-27(39)25(37)24(36)20(43-29)14-40-28-26(38)23(35)19(13-33)42-28/h10,18-29,32-39H,2,5-9,11-15H2,1,3-4H3/b16-10+/t18-,19+,20-,21+,22-,23+,24-,25+,26-,27-,28-,29-,30+,31-/m1/s1. The van der Waals surface area contributed by atoms with Crippen molar-refractivity contribution in [2.75, 3.05) is 26.4 Å². The van der Waals surface area contributed by atoms with E-state index in [1.54, 1.807) is 0 Å². The minimum Gasteiger partial charge on any atom is -0.394 e. The zero-order valence-corrected chi connectivity index (χ0v) is 25.5. The average Bonchev–Trinajstić information content (AvgIpc) is 3.25. The number of fused-ring (bicyclic) bond motifs is 1. The van der Waals surface area contributed by atoms with Gasteiger partial charge in [0.05, 0.1) is 32.5 Å². The molecule has 2 heterocycles. The van der Waals surface area contributed by atoms with E-state index in [2.05, 4.69) is 13.5 Å². The Morgan fingerprint density at radius 2 is 1.53 bits per heavy atom. The molecule has 0 amide bonds.